The first-order valence-electron chi connectivity index (χ1n) is 4.16. The van der Waals surface area contributed by atoms with Gasteiger partial charge in [0.15, 0.2) is 7.49 Å². The second-order valence-corrected chi connectivity index (χ2v) is 7.35. The van der Waals surface area contributed by atoms with E-state index in [4.69, 9.17) is 29.4 Å². The van der Waals surface area contributed by atoms with Crippen LogP contribution in [0, 0.1) is 0 Å². The molecule has 0 aromatic heterocycles. The van der Waals surface area contributed by atoms with E-state index in [2.05, 4.69) is 0 Å². The summed E-state index contributed by atoms with van der Waals surface area (Å²) in [4.78, 5) is 17.5. The van der Waals surface area contributed by atoms with Crippen LogP contribution in [0.25, 0.3) is 0 Å². The molecule has 0 aromatic carbocycles. The van der Waals surface area contributed by atoms with E-state index in [1.54, 1.807) is 0 Å². The van der Waals surface area contributed by atoms with Crippen molar-refractivity contribution in [2.45, 2.75) is 0 Å². The zero-order valence-electron chi connectivity index (χ0n) is 7.78. The van der Waals surface area contributed by atoms with Gasteiger partial charge in [0.2, 0.25) is 0 Å². The summed E-state index contributed by atoms with van der Waals surface area (Å²) in [5, 5.41) is 26.4. The Morgan fingerprint density at radius 3 is 1.43 bits per heavy atom. The minimum Gasteiger partial charge on any atom is -0.392 e. The van der Waals surface area contributed by atoms with Gasteiger partial charge in [-0.2, -0.15) is 4.31 Å². The molecule has 0 spiro atoms. The Morgan fingerprint density at radius 1 is 0.857 bits per heavy atom. The van der Waals surface area contributed by atoms with Crippen LogP contribution in [0.5, 0.6) is 0 Å². The molecule has 0 saturated carbocycles. The number of aliphatic hydroxyl groups is 3. The molecule has 86 valence electrons. The summed E-state index contributed by atoms with van der Waals surface area (Å²) in [6.07, 6.45) is 0.774. The molecule has 0 fully saturated rings. The summed E-state index contributed by atoms with van der Waals surface area (Å²) >= 11 is 0. The summed E-state index contributed by atoms with van der Waals surface area (Å²) in [6.45, 7) is -0.467. The average Bonchev–Trinajstić information content (AvgIpc) is 2.03. The molecule has 0 aliphatic carbocycles. The van der Waals surface area contributed by atoms with E-state index in [-0.39, 0.29) is 38.3 Å². The molecular weight excluding hydrogens is 230 g/mol. The van der Waals surface area contributed by atoms with Gasteiger partial charge in [-0.1, -0.05) is 0 Å². The standard InChI is InChI=1S/C6H17O6P2/c7-1-4-14(5-2-8,6-3-9)12-13(10)11/h7-11H,1-6H2/q+1. The second kappa shape index (κ2) is 7.85. The van der Waals surface area contributed by atoms with Crippen molar-refractivity contribution in [1.82, 2.24) is 0 Å². The summed E-state index contributed by atoms with van der Waals surface area (Å²) in [5.74, 6) is 0. The van der Waals surface area contributed by atoms with Crippen molar-refractivity contribution in [1.29, 1.82) is 0 Å². The molecule has 0 bridgehead atoms. The first-order chi connectivity index (χ1) is 6.60. The van der Waals surface area contributed by atoms with Gasteiger partial charge in [-0.25, -0.2) is 0 Å². The molecule has 14 heavy (non-hydrogen) atoms. The lowest BCUT2D eigenvalue weighted by molar-refractivity contribution is 0.297. The van der Waals surface area contributed by atoms with Crippen molar-refractivity contribution in [3.05, 3.63) is 0 Å². The predicted octanol–water partition coefficient (Wildman–Crippen LogP) is -0.876. The van der Waals surface area contributed by atoms with E-state index in [1.165, 1.54) is 0 Å². The molecule has 0 unspecified atom stereocenters. The predicted molar refractivity (Wildman–Crippen MR) is 55.2 cm³/mol. The Hall–Kier alpha value is 0.620. The Kier molecular flexibility index (Phi) is 8.20. The van der Waals surface area contributed by atoms with E-state index >= 15 is 0 Å². The van der Waals surface area contributed by atoms with E-state index in [0.717, 1.165) is 0 Å². The third-order valence-electron chi connectivity index (χ3n) is 1.77. The highest BCUT2D eigenvalue weighted by Crippen LogP contribution is 2.65. The molecule has 5 N–H and O–H groups in total. The van der Waals surface area contributed by atoms with Gasteiger partial charge >= 0.3 is 8.60 Å². The van der Waals surface area contributed by atoms with Crippen LogP contribution in [-0.2, 0) is 4.31 Å². The summed E-state index contributed by atoms with van der Waals surface area (Å²) in [5.41, 5.74) is 0. The second-order valence-electron chi connectivity index (χ2n) is 2.73. The fraction of sp³-hybridized carbons (Fsp3) is 1.00. The lowest BCUT2D eigenvalue weighted by Gasteiger charge is -2.23. The maximum absolute atomic E-state index is 8.80. The van der Waals surface area contributed by atoms with Crippen LogP contribution in [0.4, 0.5) is 0 Å². The summed E-state index contributed by atoms with van der Waals surface area (Å²) < 4.78 is 4.97. The molecule has 6 nitrogen and oxygen atoms in total. The fourth-order valence-electron chi connectivity index (χ4n) is 1.16. The van der Waals surface area contributed by atoms with Crippen molar-refractivity contribution in [3.8, 4) is 0 Å². The van der Waals surface area contributed by atoms with Crippen LogP contribution >= 0.6 is 16.1 Å². The maximum Gasteiger partial charge on any atom is 0.366 e. The number of hydrogen-bond donors (Lipinski definition) is 5. The van der Waals surface area contributed by atoms with Crippen molar-refractivity contribution < 1.29 is 29.4 Å². The SMILES string of the molecule is OCC[P+](CCO)(CCO)OP(O)O. The normalized spacial score (nSPS) is 12.4. The van der Waals surface area contributed by atoms with Gasteiger partial charge in [0, 0.05) is 0 Å². The molecule has 0 aliphatic rings. The van der Waals surface area contributed by atoms with Crippen LogP contribution in [0.2, 0.25) is 0 Å². The highest BCUT2D eigenvalue weighted by molar-refractivity contribution is 7.75. The third-order valence-corrected chi connectivity index (χ3v) is 6.78. The Labute approximate surface area is 84.6 Å². The molecule has 0 atom stereocenters. The van der Waals surface area contributed by atoms with Crippen molar-refractivity contribution in [2.75, 3.05) is 38.3 Å². The first kappa shape index (κ1) is 14.6. The Balaban J connectivity index is 4.37. The smallest absolute Gasteiger partial charge is 0.366 e. The molecular formula is C6H17O6P2+. The van der Waals surface area contributed by atoms with E-state index in [1.807, 2.05) is 0 Å². The van der Waals surface area contributed by atoms with Gasteiger partial charge in [-0.3, -0.25) is 0 Å². The molecule has 0 aromatic rings. The van der Waals surface area contributed by atoms with Crippen LogP contribution < -0.4 is 0 Å². The van der Waals surface area contributed by atoms with E-state index in [0.29, 0.717) is 0 Å². The van der Waals surface area contributed by atoms with Gasteiger partial charge in [0.05, 0.1) is 19.8 Å². The number of hydrogen-bond acceptors (Lipinski definition) is 6. The van der Waals surface area contributed by atoms with Crippen LogP contribution in [0.15, 0.2) is 0 Å². The quantitative estimate of drug-likeness (QED) is 0.356. The summed E-state index contributed by atoms with van der Waals surface area (Å²) in [7, 11) is -4.78. The lowest BCUT2D eigenvalue weighted by atomic mass is 10.8. The molecule has 0 rings (SSSR count). The van der Waals surface area contributed by atoms with Crippen LogP contribution in [0.1, 0.15) is 0 Å². The maximum atomic E-state index is 8.80. The van der Waals surface area contributed by atoms with Crippen molar-refractivity contribution in [2.24, 2.45) is 0 Å². The number of rotatable bonds is 8. The Bertz CT molecular complexity index is 127. The highest BCUT2D eigenvalue weighted by Gasteiger charge is 2.41. The number of aliphatic hydroxyl groups excluding tert-OH is 3. The molecule has 0 heterocycles. The van der Waals surface area contributed by atoms with Gasteiger partial charge in [-0.15, -0.1) is 0 Å². The molecule has 8 heteroatoms. The monoisotopic (exact) mass is 247 g/mol. The lowest BCUT2D eigenvalue weighted by Crippen LogP contribution is -2.16. The van der Waals surface area contributed by atoms with Crippen LogP contribution in [0.3, 0.4) is 0 Å². The zero-order valence-corrected chi connectivity index (χ0v) is 9.57. The minimum atomic E-state index is -2.51. The minimum absolute atomic E-state index is 0.156. The van der Waals surface area contributed by atoms with E-state index in [9.17, 15) is 0 Å². The van der Waals surface area contributed by atoms with E-state index < -0.39 is 16.1 Å². The topological polar surface area (TPSA) is 110 Å². The van der Waals surface area contributed by atoms with Gasteiger partial charge in [0.1, 0.15) is 18.5 Å². The van der Waals surface area contributed by atoms with Crippen molar-refractivity contribution in [3.63, 3.8) is 0 Å². The third kappa shape index (κ3) is 5.49. The molecule has 0 radical (unpaired) electrons. The molecule has 0 amide bonds. The molecule has 0 aliphatic heterocycles. The van der Waals surface area contributed by atoms with Crippen molar-refractivity contribution >= 4 is 16.1 Å². The largest absolute Gasteiger partial charge is 0.392 e. The van der Waals surface area contributed by atoms with Gasteiger partial charge in [-0.05, 0) is 0 Å². The first-order valence-corrected chi connectivity index (χ1v) is 7.59. The molecule has 0 saturated heterocycles. The average molecular weight is 247 g/mol. The van der Waals surface area contributed by atoms with Gasteiger partial charge < -0.3 is 25.1 Å². The Morgan fingerprint density at radius 2 is 1.21 bits per heavy atom. The van der Waals surface area contributed by atoms with Crippen LogP contribution in [-0.4, -0.2) is 63.4 Å². The fourth-order valence-corrected chi connectivity index (χ4v) is 5.14. The highest BCUT2D eigenvalue weighted by atomic mass is 31.3. The summed E-state index contributed by atoms with van der Waals surface area (Å²) in [6, 6.07) is 0. The zero-order chi connectivity index (χ0) is 11.0. The van der Waals surface area contributed by atoms with Gasteiger partial charge in [0.25, 0.3) is 0 Å².